The first-order valence-corrected chi connectivity index (χ1v) is 12.9. The minimum absolute atomic E-state index is 0.00161. The van der Waals surface area contributed by atoms with E-state index in [1.54, 1.807) is 0 Å². The molecular formula is C27H30O16. The molecule has 2 fully saturated rings. The van der Waals surface area contributed by atoms with E-state index in [1.807, 2.05) is 0 Å². The van der Waals surface area contributed by atoms with Crippen molar-refractivity contribution in [1.29, 1.82) is 0 Å². The van der Waals surface area contributed by atoms with E-state index >= 15 is 0 Å². The second-order valence-electron chi connectivity index (χ2n) is 10.1. The molecule has 3 aromatic rings. The number of fused-ring (bicyclic) bond motifs is 1. The highest BCUT2D eigenvalue weighted by Crippen LogP contribution is 2.40. The van der Waals surface area contributed by atoms with E-state index in [0.29, 0.717) is 0 Å². The van der Waals surface area contributed by atoms with Crippen LogP contribution in [0.5, 0.6) is 28.7 Å². The lowest BCUT2D eigenvalue weighted by Gasteiger charge is -2.42. The summed E-state index contributed by atoms with van der Waals surface area (Å²) in [5.41, 5.74) is -3.25. The van der Waals surface area contributed by atoms with Crippen molar-refractivity contribution in [2.75, 3.05) is 26.9 Å². The minimum Gasteiger partial charge on any atom is -0.507 e. The number of hydrogen-bond donors (Lipinski definition) is 9. The van der Waals surface area contributed by atoms with Gasteiger partial charge in [0.2, 0.25) is 17.5 Å². The molecule has 43 heavy (non-hydrogen) atoms. The van der Waals surface area contributed by atoms with Crippen LogP contribution in [0.4, 0.5) is 0 Å². The summed E-state index contributed by atoms with van der Waals surface area (Å²) in [6.07, 6.45) is -12.2. The van der Waals surface area contributed by atoms with Crippen LogP contribution in [0, 0.1) is 0 Å². The summed E-state index contributed by atoms with van der Waals surface area (Å²) in [6.45, 7) is -2.27. The summed E-state index contributed by atoms with van der Waals surface area (Å²) in [6, 6.07) is 5.87. The lowest BCUT2D eigenvalue weighted by Crippen LogP contribution is -2.62. The van der Waals surface area contributed by atoms with E-state index in [-0.39, 0.29) is 28.0 Å². The van der Waals surface area contributed by atoms with Gasteiger partial charge in [0.1, 0.15) is 52.5 Å². The first-order valence-electron chi connectivity index (χ1n) is 12.9. The van der Waals surface area contributed by atoms with Crippen LogP contribution >= 0.6 is 0 Å². The maximum Gasteiger partial charge on any atom is 0.239 e. The largest absolute Gasteiger partial charge is 0.507 e. The van der Waals surface area contributed by atoms with Gasteiger partial charge in [0.05, 0.1) is 26.9 Å². The highest BCUT2D eigenvalue weighted by atomic mass is 16.8. The van der Waals surface area contributed by atoms with Crippen LogP contribution < -0.4 is 14.9 Å². The Bertz CT molecular complexity index is 1540. The summed E-state index contributed by atoms with van der Waals surface area (Å²) in [4.78, 5) is 13.8. The minimum atomic E-state index is -2.11. The number of benzene rings is 2. The summed E-state index contributed by atoms with van der Waals surface area (Å²) in [7, 11) is 1.32. The number of phenols is 3. The Kier molecular flexibility index (Phi) is 8.41. The maximum atomic E-state index is 13.8. The predicted octanol–water partition coefficient (Wildman–Crippen LogP) is -1.77. The number of methoxy groups -OCH3 is 1. The van der Waals surface area contributed by atoms with Crippen LogP contribution in [0.2, 0.25) is 0 Å². The molecule has 0 amide bonds. The quantitative estimate of drug-likeness (QED) is 0.128. The number of aliphatic hydroxyl groups excluding tert-OH is 5. The Morgan fingerprint density at radius 1 is 0.977 bits per heavy atom. The predicted molar refractivity (Wildman–Crippen MR) is 141 cm³/mol. The van der Waals surface area contributed by atoms with Crippen LogP contribution in [-0.2, 0) is 14.2 Å². The third kappa shape index (κ3) is 5.44. The third-order valence-electron chi connectivity index (χ3n) is 7.31. The Morgan fingerprint density at radius 2 is 1.72 bits per heavy atom. The molecule has 2 aliphatic heterocycles. The smallest absolute Gasteiger partial charge is 0.239 e. The van der Waals surface area contributed by atoms with Gasteiger partial charge in [0.25, 0.3) is 0 Å². The average Bonchev–Trinajstić information content (AvgIpc) is 3.27. The van der Waals surface area contributed by atoms with Crippen LogP contribution in [-0.4, -0.2) is 122 Å². The maximum absolute atomic E-state index is 13.8. The van der Waals surface area contributed by atoms with Gasteiger partial charge in [-0.25, -0.2) is 0 Å². The molecule has 2 aliphatic rings. The molecule has 5 rings (SSSR count). The van der Waals surface area contributed by atoms with Crippen molar-refractivity contribution in [3.05, 3.63) is 40.6 Å². The fourth-order valence-corrected chi connectivity index (χ4v) is 4.81. The van der Waals surface area contributed by atoms with E-state index in [9.17, 15) is 50.8 Å². The van der Waals surface area contributed by atoms with Gasteiger partial charge >= 0.3 is 0 Å². The molecular weight excluding hydrogens is 580 g/mol. The van der Waals surface area contributed by atoms with E-state index in [0.717, 1.165) is 18.2 Å². The molecule has 0 saturated carbocycles. The molecule has 8 atom stereocenters. The Labute approximate surface area is 241 Å². The second kappa shape index (κ2) is 11.8. The van der Waals surface area contributed by atoms with Gasteiger partial charge in [0.15, 0.2) is 29.7 Å². The highest BCUT2D eigenvalue weighted by molar-refractivity contribution is 5.88. The van der Waals surface area contributed by atoms with Gasteiger partial charge < -0.3 is 74.1 Å². The van der Waals surface area contributed by atoms with Gasteiger partial charge in [-0.1, -0.05) is 0 Å². The Balaban J connectivity index is 1.63. The summed E-state index contributed by atoms with van der Waals surface area (Å²) < 4.78 is 33.4. The number of rotatable bonds is 8. The lowest BCUT2D eigenvalue weighted by molar-refractivity contribution is -0.319. The first kappa shape index (κ1) is 30.7. The van der Waals surface area contributed by atoms with Crippen LogP contribution in [0.25, 0.3) is 22.3 Å². The van der Waals surface area contributed by atoms with Crippen molar-refractivity contribution in [2.45, 2.75) is 48.7 Å². The molecule has 0 unspecified atom stereocenters. The molecule has 2 saturated heterocycles. The van der Waals surface area contributed by atoms with Gasteiger partial charge in [-0.15, -0.1) is 0 Å². The van der Waals surface area contributed by atoms with E-state index < -0.39 is 96.9 Å². The first-order chi connectivity index (χ1) is 20.4. The Morgan fingerprint density at radius 3 is 2.35 bits per heavy atom. The molecule has 16 heteroatoms. The van der Waals surface area contributed by atoms with Gasteiger partial charge in [0, 0.05) is 17.7 Å². The van der Waals surface area contributed by atoms with Gasteiger partial charge in [-0.05, 0) is 18.2 Å². The number of hydrogen-bond acceptors (Lipinski definition) is 16. The summed E-state index contributed by atoms with van der Waals surface area (Å²) >= 11 is 0. The SMILES string of the molecule is COc1cc(O)c2c(=O)c(O[C@@H]3O[C@H](CO)[C@@H](O)[C@H](O)[C@H]3O[C@@H]3OC[C@](O)(CO)[C@H]3O)c(-c3ccc(O)c(O)c3)oc2c1. The third-order valence-corrected chi connectivity index (χ3v) is 7.31. The number of aliphatic hydroxyl groups is 6. The zero-order valence-electron chi connectivity index (χ0n) is 22.4. The summed E-state index contributed by atoms with van der Waals surface area (Å²) in [5, 5.41) is 91.6. The number of phenolic OH excluding ortho intramolecular Hbond substituents is 3. The standard InChI is InChI=1S/C27H30O16/c1-38-11-5-14(32)17-15(6-11)40-21(10-2-3-12(30)13(31)4-10)22(19(17)34)42-25-23(20(35)18(33)16(7-28)41-25)43-26-24(36)27(37,8-29)9-39-26/h2-6,16,18,20,23-26,28-33,35-37H,7-9H2,1H3/t16-,18-,20+,23-,24+,25+,26+,27-/m1/s1. The number of ether oxygens (including phenoxy) is 5. The van der Waals surface area contributed by atoms with Crippen molar-refractivity contribution in [1.82, 2.24) is 0 Å². The molecule has 0 aliphatic carbocycles. The van der Waals surface area contributed by atoms with Crippen molar-refractivity contribution in [3.8, 4) is 40.1 Å². The van der Waals surface area contributed by atoms with Crippen molar-refractivity contribution < 1.29 is 74.1 Å². The average molecular weight is 611 g/mol. The van der Waals surface area contributed by atoms with Crippen molar-refractivity contribution in [3.63, 3.8) is 0 Å². The fraction of sp³-hybridized carbons (Fsp3) is 0.444. The zero-order valence-corrected chi connectivity index (χ0v) is 22.4. The molecule has 2 aromatic carbocycles. The summed E-state index contributed by atoms with van der Waals surface area (Å²) in [5.74, 6) is -2.50. The molecule has 9 N–H and O–H groups in total. The Hall–Kier alpha value is -3.71. The molecule has 234 valence electrons. The monoisotopic (exact) mass is 610 g/mol. The van der Waals surface area contributed by atoms with Crippen molar-refractivity contribution >= 4 is 11.0 Å². The molecule has 0 radical (unpaired) electrons. The van der Waals surface area contributed by atoms with E-state index in [2.05, 4.69) is 0 Å². The number of aromatic hydroxyl groups is 3. The lowest BCUT2D eigenvalue weighted by atomic mass is 9.98. The van der Waals surface area contributed by atoms with E-state index in [4.69, 9.17) is 28.1 Å². The van der Waals surface area contributed by atoms with Crippen molar-refractivity contribution in [2.24, 2.45) is 0 Å². The van der Waals surface area contributed by atoms with E-state index in [1.165, 1.54) is 19.2 Å². The zero-order chi connectivity index (χ0) is 31.2. The van der Waals surface area contributed by atoms with Crippen LogP contribution in [0.15, 0.2) is 39.5 Å². The van der Waals surface area contributed by atoms with Gasteiger partial charge in [-0.3, -0.25) is 4.79 Å². The van der Waals surface area contributed by atoms with Crippen LogP contribution in [0.1, 0.15) is 0 Å². The van der Waals surface area contributed by atoms with Crippen LogP contribution in [0.3, 0.4) is 0 Å². The second-order valence-corrected chi connectivity index (χ2v) is 10.1. The molecule has 0 bridgehead atoms. The topological polar surface area (TPSA) is 258 Å². The molecule has 0 spiro atoms. The normalized spacial score (nSPS) is 30.9. The fourth-order valence-electron chi connectivity index (χ4n) is 4.81. The highest BCUT2D eigenvalue weighted by Gasteiger charge is 2.53. The van der Waals surface area contributed by atoms with Gasteiger partial charge in [-0.2, -0.15) is 0 Å². The molecule has 1 aromatic heterocycles. The molecule has 3 heterocycles. The molecule has 16 nitrogen and oxygen atoms in total.